The van der Waals surface area contributed by atoms with Gasteiger partial charge in [0.2, 0.25) is 0 Å². The Morgan fingerprint density at radius 1 is 0.707 bits per heavy atom. The first-order valence-corrected chi connectivity index (χ1v) is 16.4. The summed E-state index contributed by atoms with van der Waals surface area (Å²) in [5.74, 6) is 1.50. The summed E-state index contributed by atoms with van der Waals surface area (Å²) in [6.07, 6.45) is 11.2. The van der Waals surface area contributed by atoms with Gasteiger partial charge in [0, 0.05) is 34.5 Å². The number of aldehydes is 1. The predicted molar refractivity (Wildman–Crippen MR) is 167 cm³/mol. The Hall–Kier alpha value is -0.820. The second kappa shape index (κ2) is 11.9. The Morgan fingerprint density at radius 2 is 1.17 bits per heavy atom. The average molecular weight is 577 g/mol. The number of hydrogen-bond acceptors (Lipinski definition) is 6. The van der Waals surface area contributed by atoms with E-state index < -0.39 is 0 Å². The van der Waals surface area contributed by atoms with Crippen LogP contribution in [0.5, 0.6) is 0 Å². The number of carbonyl (C=O) groups is 2. The van der Waals surface area contributed by atoms with Gasteiger partial charge in [0.15, 0.2) is 0 Å². The van der Waals surface area contributed by atoms with Crippen molar-refractivity contribution in [3.05, 3.63) is 0 Å². The molecular formula is C35H64N2O4. The molecule has 0 amide bonds. The summed E-state index contributed by atoms with van der Waals surface area (Å²) in [5, 5.41) is 4.49. The van der Waals surface area contributed by atoms with E-state index in [1.165, 1.54) is 38.5 Å². The van der Waals surface area contributed by atoms with E-state index in [-0.39, 0.29) is 45.0 Å². The van der Waals surface area contributed by atoms with E-state index in [9.17, 15) is 9.59 Å². The number of hydroxylamine groups is 4. The molecule has 2 saturated carbocycles. The predicted octanol–water partition coefficient (Wildman–Crippen LogP) is 8.18. The van der Waals surface area contributed by atoms with Crippen molar-refractivity contribution < 1.29 is 19.3 Å². The summed E-state index contributed by atoms with van der Waals surface area (Å²) in [4.78, 5) is 35.2. The van der Waals surface area contributed by atoms with Crippen LogP contribution in [0.1, 0.15) is 148 Å². The van der Waals surface area contributed by atoms with Gasteiger partial charge in [-0.15, -0.1) is 0 Å². The van der Waals surface area contributed by atoms with Gasteiger partial charge in [-0.05, 0) is 136 Å². The first kappa shape index (κ1) is 34.7. The lowest BCUT2D eigenvalue weighted by Crippen LogP contribution is -2.63. The zero-order chi connectivity index (χ0) is 31.2. The molecule has 0 radical (unpaired) electrons. The largest absolute Gasteiger partial charge is 0.303 e. The Bertz CT molecular complexity index is 902. The van der Waals surface area contributed by atoms with Crippen molar-refractivity contribution in [1.82, 2.24) is 10.1 Å². The third-order valence-corrected chi connectivity index (χ3v) is 11.7. The molecule has 4 atom stereocenters. The third-order valence-electron chi connectivity index (χ3n) is 11.7. The van der Waals surface area contributed by atoms with Crippen molar-refractivity contribution in [1.29, 1.82) is 0 Å². The van der Waals surface area contributed by atoms with E-state index in [4.69, 9.17) is 9.68 Å². The fourth-order valence-corrected chi connectivity index (χ4v) is 8.53. The second-order valence-corrected chi connectivity index (χ2v) is 17.5. The molecule has 6 heteroatoms. The van der Waals surface area contributed by atoms with E-state index in [2.05, 4.69) is 93.2 Å². The molecule has 2 aliphatic carbocycles. The molecule has 0 N–H and O–H groups in total. The summed E-state index contributed by atoms with van der Waals surface area (Å²) in [6, 6.07) is 0. The molecule has 4 fully saturated rings. The fraction of sp³-hybridized carbons (Fsp3) is 0.943. The van der Waals surface area contributed by atoms with E-state index in [0.29, 0.717) is 24.0 Å². The van der Waals surface area contributed by atoms with Crippen LogP contribution in [0.2, 0.25) is 0 Å². The highest BCUT2D eigenvalue weighted by atomic mass is 16.7. The minimum atomic E-state index is 0.0793. The molecule has 0 bridgehead atoms. The lowest BCUT2D eigenvalue weighted by molar-refractivity contribution is -0.346. The quantitative estimate of drug-likeness (QED) is 0.272. The van der Waals surface area contributed by atoms with Crippen LogP contribution in [0, 0.1) is 28.6 Å². The minimum absolute atomic E-state index is 0.0793. The monoisotopic (exact) mass is 576 g/mol. The van der Waals surface area contributed by atoms with Crippen LogP contribution in [0.4, 0.5) is 0 Å². The zero-order valence-corrected chi connectivity index (χ0v) is 29.0. The second-order valence-electron chi connectivity index (χ2n) is 17.5. The maximum absolute atomic E-state index is 11.6. The molecule has 2 heterocycles. The smallest absolute Gasteiger partial charge is 0.133 e. The van der Waals surface area contributed by atoms with Crippen molar-refractivity contribution in [3.63, 3.8) is 0 Å². The van der Waals surface area contributed by atoms with Gasteiger partial charge in [0.25, 0.3) is 0 Å². The van der Waals surface area contributed by atoms with Crippen LogP contribution in [0.3, 0.4) is 0 Å². The van der Waals surface area contributed by atoms with Gasteiger partial charge < -0.3 is 4.79 Å². The SMILES string of the molecule is CC(=O)[C@H]1C[C@@H](CON2C(C)(C)CCCC2(C)C)C1(C)C.CC1(C)[C@H](CC=O)C[C@H]1ON1C(C)(C)CCCC1(C)C. The number of Topliss-reactive ketones (excluding diaryl/α,β-unsaturated/α-hetero) is 1. The van der Waals surface area contributed by atoms with Gasteiger partial charge in [-0.3, -0.25) is 14.5 Å². The number of piperidine rings is 2. The molecule has 0 aromatic rings. The van der Waals surface area contributed by atoms with Gasteiger partial charge in [-0.1, -0.05) is 27.7 Å². The topological polar surface area (TPSA) is 59.1 Å². The van der Waals surface area contributed by atoms with Crippen molar-refractivity contribution in [2.75, 3.05) is 6.61 Å². The van der Waals surface area contributed by atoms with Gasteiger partial charge in [-0.25, -0.2) is 0 Å². The Balaban J connectivity index is 0.000000226. The highest BCUT2D eigenvalue weighted by molar-refractivity contribution is 5.80. The summed E-state index contributed by atoms with van der Waals surface area (Å²) in [5.41, 5.74) is 0.548. The highest BCUT2D eigenvalue weighted by Gasteiger charge is 2.53. The molecular weight excluding hydrogens is 512 g/mol. The first-order chi connectivity index (χ1) is 18.6. The first-order valence-electron chi connectivity index (χ1n) is 16.4. The summed E-state index contributed by atoms with van der Waals surface area (Å²) < 4.78 is 0. The minimum Gasteiger partial charge on any atom is -0.303 e. The normalized spacial score (nSPS) is 34.8. The zero-order valence-electron chi connectivity index (χ0n) is 29.0. The number of carbonyl (C=O) groups excluding carboxylic acids is 2. The Morgan fingerprint density at radius 3 is 1.56 bits per heavy atom. The number of nitrogens with zero attached hydrogens (tertiary/aromatic N) is 2. The van der Waals surface area contributed by atoms with E-state index >= 15 is 0 Å². The third kappa shape index (κ3) is 7.13. The lowest BCUT2D eigenvalue weighted by atomic mass is 9.54. The van der Waals surface area contributed by atoms with E-state index in [1.54, 1.807) is 6.92 Å². The summed E-state index contributed by atoms with van der Waals surface area (Å²) in [7, 11) is 0. The molecule has 2 saturated heterocycles. The van der Waals surface area contributed by atoms with E-state index in [0.717, 1.165) is 25.7 Å². The maximum atomic E-state index is 11.6. The highest BCUT2D eigenvalue weighted by Crippen LogP contribution is 2.53. The average Bonchev–Trinajstić information content (AvgIpc) is 2.80. The van der Waals surface area contributed by atoms with Crippen LogP contribution in [0.25, 0.3) is 0 Å². The van der Waals surface area contributed by atoms with Crippen molar-refractivity contribution in [2.24, 2.45) is 28.6 Å². The van der Waals surface area contributed by atoms with Crippen molar-refractivity contribution in [3.8, 4) is 0 Å². The van der Waals surface area contributed by atoms with Gasteiger partial charge in [0.1, 0.15) is 12.1 Å². The van der Waals surface area contributed by atoms with Crippen LogP contribution in [-0.2, 0) is 19.3 Å². The molecule has 0 aromatic carbocycles. The standard InChI is InChI=1S/C18H33NO2.C17H31NO2/c1-13(20)15-11-14(18(15,6)7)12-21-19-16(2,3)9-8-10-17(19,4)5;1-15(2)9-7-10-16(3,4)18(15)20-14-12-13(8-11-19)17(14,5)6/h14-15H,8-12H2,1-7H3;11,13-14H,7-10,12H2,1-6H3/t14-,15+;13-,14-/m01/s1. The van der Waals surface area contributed by atoms with Gasteiger partial charge >= 0.3 is 0 Å². The van der Waals surface area contributed by atoms with Gasteiger partial charge in [0.05, 0.1) is 12.7 Å². The van der Waals surface area contributed by atoms with Crippen LogP contribution < -0.4 is 0 Å². The van der Waals surface area contributed by atoms with Crippen LogP contribution in [0.15, 0.2) is 0 Å². The molecule has 0 spiro atoms. The fourth-order valence-electron chi connectivity index (χ4n) is 8.53. The Kier molecular flexibility index (Phi) is 10.1. The van der Waals surface area contributed by atoms with E-state index in [1.807, 2.05) is 0 Å². The molecule has 41 heavy (non-hydrogen) atoms. The maximum Gasteiger partial charge on any atom is 0.133 e. The van der Waals surface area contributed by atoms with Crippen LogP contribution in [-0.4, -0.2) is 57.1 Å². The van der Waals surface area contributed by atoms with Crippen LogP contribution >= 0.6 is 0 Å². The lowest BCUT2D eigenvalue weighted by Gasteiger charge is -2.58. The summed E-state index contributed by atoms with van der Waals surface area (Å²) >= 11 is 0. The van der Waals surface area contributed by atoms with Gasteiger partial charge in [-0.2, -0.15) is 10.1 Å². The molecule has 0 unspecified atom stereocenters. The molecule has 2 aliphatic heterocycles. The number of hydrogen-bond donors (Lipinski definition) is 0. The molecule has 4 aliphatic rings. The molecule has 238 valence electrons. The van der Waals surface area contributed by atoms with Crippen molar-refractivity contribution >= 4 is 12.1 Å². The summed E-state index contributed by atoms with van der Waals surface area (Å²) in [6.45, 7) is 29.6. The number of rotatable bonds is 8. The molecule has 4 rings (SSSR count). The molecule has 6 nitrogen and oxygen atoms in total. The molecule has 0 aromatic heterocycles. The number of ketones is 1. The van der Waals surface area contributed by atoms with Crippen molar-refractivity contribution in [2.45, 2.75) is 176 Å². The Labute approximate surface area is 252 Å².